The lowest BCUT2D eigenvalue weighted by Crippen LogP contribution is -2.42. The van der Waals surface area contributed by atoms with Crippen LogP contribution >= 0.6 is 0 Å². The van der Waals surface area contributed by atoms with E-state index in [0.717, 1.165) is 25.4 Å². The van der Waals surface area contributed by atoms with Gasteiger partial charge in [-0.05, 0) is 40.0 Å². The minimum Gasteiger partial charge on any atom is -0.355 e. The number of carbonyl (C=O) groups excluding carboxylic acids is 1. The molecular weight excluding hydrogens is 236 g/mol. The molecule has 0 unspecified atom stereocenters. The van der Waals surface area contributed by atoms with Crippen molar-refractivity contribution in [2.45, 2.75) is 78.3 Å². The van der Waals surface area contributed by atoms with Gasteiger partial charge in [-0.25, -0.2) is 0 Å². The topological polar surface area (TPSA) is 32.3 Å². The number of hydrogen-bond donors (Lipinski definition) is 1. The predicted molar refractivity (Wildman–Crippen MR) is 81.2 cm³/mol. The zero-order valence-corrected chi connectivity index (χ0v) is 13.2. The first-order chi connectivity index (χ1) is 9.00. The Morgan fingerprint density at radius 1 is 1.16 bits per heavy atom. The first kappa shape index (κ1) is 16.5. The Morgan fingerprint density at radius 3 is 2.26 bits per heavy atom. The van der Waals surface area contributed by atoms with Gasteiger partial charge in [-0.1, -0.05) is 25.7 Å². The largest absolute Gasteiger partial charge is 0.355 e. The lowest BCUT2D eigenvalue weighted by molar-refractivity contribution is -0.121. The van der Waals surface area contributed by atoms with Crippen molar-refractivity contribution in [3.8, 4) is 0 Å². The van der Waals surface area contributed by atoms with E-state index < -0.39 is 0 Å². The molecule has 1 amide bonds. The summed E-state index contributed by atoms with van der Waals surface area (Å²) in [5.41, 5.74) is 0. The summed E-state index contributed by atoms with van der Waals surface area (Å²) in [4.78, 5) is 14.2. The molecule has 1 saturated carbocycles. The Labute approximate surface area is 119 Å². The molecule has 0 aliphatic heterocycles. The molecule has 0 bridgehead atoms. The van der Waals surface area contributed by atoms with Crippen LogP contribution in [0.1, 0.15) is 66.2 Å². The number of carbonyl (C=O) groups is 1. The van der Waals surface area contributed by atoms with Gasteiger partial charge < -0.3 is 5.32 Å². The SMILES string of the molecule is CC(C)N(CCNC(=O)CCC1CCCC1)C(C)C. The maximum atomic E-state index is 11.8. The van der Waals surface area contributed by atoms with Crippen LogP contribution in [0, 0.1) is 5.92 Å². The van der Waals surface area contributed by atoms with Gasteiger partial charge in [0.2, 0.25) is 5.91 Å². The van der Waals surface area contributed by atoms with E-state index >= 15 is 0 Å². The molecule has 0 aromatic carbocycles. The highest BCUT2D eigenvalue weighted by molar-refractivity contribution is 5.75. The van der Waals surface area contributed by atoms with Crippen molar-refractivity contribution in [3.63, 3.8) is 0 Å². The molecule has 1 aliphatic carbocycles. The Hall–Kier alpha value is -0.570. The predicted octanol–water partition coefficient (Wildman–Crippen LogP) is 3.19. The van der Waals surface area contributed by atoms with Gasteiger partial charge in [0.05, 0.1) is 0 Å². The van der Waals surface area contributed by atoms with Gasteiger partial charge in [-0.15, -0.1) is 0 Å². The highest BCUT2D eigenvalue weighted by Gasteiger charge is 2.16. The van der Waals surface area contributed by atoms with Crippen LogP contribution in [0.3, 0.4) is 0 Å². The third kappa shape index (κ3) is 6.42. The van der Waals surface area contributed by atoms with Gasteiger partial charge in [0.25, 0.3) is 0 Å². The van der Waals surface area contributed by atoms with E-state index in [0.29, 0.717) is 18.5 Å². The molecule has 3 heteroatoms. The van der Waals surface area contributed by atoms with E-state index in [-0.39, 0.29) is 5.91 Å². The average Bonchev–Trinajstić information content (AvgIpc) is 2.84. The Balaban J connectivity index is 2.11. The first-order valence-corrected chi connectivity index (χ1v) is 8.03. The molecule has 19 heavy (non-hydrogen) atoms. The summed E-state index contributed by atoms with van der Waals surface area (Å²) in [6, 6.07) is 1.07. The van der Waals surface area contributed by atoms with Crippen molar-refractivity contribution in [2.75, 3.05) is 13.1 Å². The molecule has 0 radical (unpaired) electrons. The van der Waals surface area contributed by atoms with Gasteiger partial charge in [0, 0.05) is 31.6 Å². The second-order valence-electron chi connectivity index (χ2n) is 6.46. The highest BCUT2D eigenvalue weighted by Crippen LogP contribution is 2.28. The normalized spacial score (nSPS) is 16.8. The van der Waals surface area contributed by atoms with Gasteiger partial charge in [-0.3, -0.25) is 9.69 Å². The van der Waals surface area contributed by atoms with E-state index in [4.69, 9.17) is 0 Å². The maximum absolute atomic E-state index is 11.8. The van der Waals surface area contributed by atoms with Crippen molar-refractivity contribution in [2.24, 2.45) is 5.92 Å². The first-order valence-electron chi connectivity index (χ1n) is 8.03. The summed E-state index contributed by atoms with van der Waals surface area (Å²) in [5, 5.41) is 3.07. The van der Waals surface area contributed by atoms with Crippen LogP contribution in [0.15, 0.2) is 0 Å². The van der Waals surface area contributed by atoms with Crippen molar-refractivity contribution < 1.29 is 4.79 Å². The fraction of sp³-hybridized carbons (Fsp3) is 0.938. The van der Waals surface area contributed by atoms with Gasteiger partial charge in [-0.2, -0.15) is 0 Å². The second-order valence-corrected chi connectivity index (χ2v) is 6.46. The van der Waals surface area contributed by atoms with Gasteiger partial charge in [0.1, 0.15) is 0 Å². The number of nitrogens with one attached hydrogen (secondary N) is 1. The van der Waals surface area contributed by atoms with E-state index in [1.54, 1.807) is 0 Å². The zero-order valence-electron chi connectivity index (χ0n) is 13.2. The standard InChI is InChI=1S/C16H32N2O/c1-13(2)18(14(3)4)12-11-17-16(19)10-9-15-7-5-6-8-15/h13-15H,5-12H2,1-4H3,(H,17,19). The van der Waals surface area contributed by atoms with Crippen LogP contribution < -0.4 is 5.32 Å². The molecule has 1 aliphatic rings. The molecule has 1 rings (SSSR count). The molecule has 0 heterocycles. The smallest absolute Gasteiger partial charge is 0.220 e. The third-order valence-corrected chi connectivity index (χ3v) is 4.27. The summed E-state index contributed by atoms with van der Waals surface area (Å²) in [5.74, 6) is 1.05. The van der Waals surface area contributed by atoms with Crippen molar-refractivity contribution in [3.05, 3.63) is 0 Å². The van der Waals surface area contributed by atoms with Crippen LogP contribution in [-0.4, -0.2) is 36.0 Å². The van der Waals surface area contributed by atoms with Gasteiger partial charge >= 0.3 is 0 Å². The van der Waals surface area contributed by atoms with E-state index in [9.17, 15) is 4.79 Å². The molecule has 1 fully saturated rings. The maximum Gasteiger partial charge on any atom is 0.220 e. The molecule has 0 saturated heterocycles. The lowest BCUT2D eigenvalue weighted by atomic mass is 10.0. The number of amides is 1. The molecule has 0 aromatic rings. The molecule has 0 atom stereocenters. The Bertz CT molecular complexity index is 249. The van der Waals surface area contributed by atoms with Gasteiger partial charge in [0.15, 0.2) is 0 Å². The number of nitrogens with zero attached hydrogens (tertiary/aromatic N) is 1. The fourth-order valence-corrected chi connectivity index (χ4v) is 3.16. The van der Waals surface area contributed by atoms with Crippen LogP contribution in [0.4, 0.5) is 0 Å². The van der Waals surface area contributed by atoms with E-state index in [1.807, 2.05) is 0 Å². The zero-order chi connectivity index (χ0) is 14.3. The number of hydrogen-bond acceptors (Lipinski definition) is 2. The third-order valence-electron chi connectivity index (χ3n) is 4.27. The summed E-state index contributed by atoms with van der Waals surface area (Å²) in [6.07, 6.45) is 7.20. The van der Waals surface area contributed by atoms with Crippen LogP contribution in [0.25, 0.3) is 0 Å². The Kier molecular flexibility index (Phi) is 7.44. The molecule has 112 valence electrons. The van der Waals surface area contributed by atoms with E-state index in [2.05, 4.69) is 37.9 Å². The molecular formula is C16H32N2O. The van der Waals surface area contributed by atoms with Crippen LogP contribution in [0.5, 0.6) is 0 Å². The minimum atomic E-state index is 0.236. The summed E-state index contributed by atoms with van der Waals surface area (Å²) in [6.45, 7) is 10.6. The average molecular weight is 268 g/mol. The number of rotatable bonds is 8. The highest BCUT2D eigenvalue weighted by atomic mass is 16.1. The fourth-order valence-electron chi connectivity index (χ4n) is 3.16. The second kappa shape index (κ2) is 8.57. The van der Waals surface area contributed by atoms with Crippen LogP contribution in [-0.2, 0) is 4.79 Å². The Morgan fingerprint density at radius 2 is 1.74 bits per heavy atom. The van der Waals surface area contributed by atoms with Crippen molar-refractivity contribution >= 4 is 5.91 Å². The molecule has 3 nitrogen and oxygen atoms in total. The van der Waals surface area contributed by atoms with E-state index in [1.165, 1.54) is 25.7 Å². The summed E-state index contributed by atoms with van der Waals surface area (Å²) >= 11 is 0. The van der Waals surface area contributed by atoms with Crippen LogP contribution in [0.2, 0.25) is 0 Å². The molecule has 1 N–H and O–H groups in total. The quantitative estimate of drug-likeness (QED) is 0.733. The molecule has 0 spiro atoms. The lowest BCUT2D eigenvalue weighted by Gasteiger charge is -2.30. The summed E-state index contributed by atoms with van der Waals surface area (Å²) < 4.78 is 0. The monoisotopic (exact) mass is 268 g/mol. The molecule has 0 aromatic heterocycles. The van der Waals surface area contributed by atoms with Crippen molar-refractivity contribution in [1.29, 1.82) is 0 Å². The minimum absolute atomic E-state index is 0.236. The summed E-state index contributed by atoms with van der Waals surface area (Å²) in [7, 11) is 0. The van der Waals surface area contributed by atoms with Crippen molar-refractivity contribution in [1.82, 2.24) is 10.2 Å².